The van der Waals surface area contributed by atoms with Gasteiger partial charge in [-0.05, 0) is 31.9 Å². The Bertz CT molecular complexity index is 1190. The number of anilines is 1. The van der Waals surface area contributed by atoms with Gasteiger partial charge in [-0.1, -0.05) is 6.07 Å². The predicted octanol–water partition coefficient (Wildman–Crippen LogP) is 2.20. The minimum atomic E-state index is -3.20. The molecule has 0 atom stereocenters. The molecule has 146 valence electrons. The molecule has 2 aliphatic rings. The minimum absolute atomic E-state index is 0.209. The molecule has 0 saturated heterocycles. The molecule has 1 aliphatic carbocycles. The van der Waals surface area contributed by atoms with Crippen molar-refractivity contribution in [1.29, 1.82) is 0 Å². The maximum Gasteiger partial charge on any atom is 0.276 e. The van der Waals surface area contributed by atoms with E-state index in [1.54, 1.807) is 21.8 Å². The number of nitrogens with one attached hydrogen (secondary N) is 1. The Morgan fingerprint density at radius 2 is 2.11 bits per heavy atom. The summed E-state index contributed by atoms with van der Waals surface area (Å²) in [5.74, 6) is -0.273. The second-order valence-electron chi connectivity index (χ2n) is 7.15. The van der Waals surface area contributed by atoms with Crippen molar-refractivity contribution >= 4 is 38.0 Å². The molecule has 28 heavy (non-hydrogen) atoms. The van der Waals surface area contributed by atoms with Crippen molar-refractivity contribution in [1.82, 2.24) is 18.7 Å². The fourth-order valence-corrected chi connectivity index (χ4v) is 6.47. The molecule has 0 unspecified atom stereocenters. The highest BCUT2D eigenvalue weighted by Crippen LogP contribution is 2.35. The van der Waals surface area contributed by atoms with Gasteiger partial charge in [-0.2, -0.15) is 4.31 Å². The SMILES string of the molecule is Cc1nc2ccccn2c1C(=O)Nc1nc2c(s1)CN(S(=O)(=O)C1CC1)CC2. The van der Waals surface area contributed by atoms with E-state index in [-0.39, 0.29) is 11.2 Å². The zero-order valence-electron chi connectivity index (χ0n) is 15.3. The second-order valence-corrected chi connectivity index (χ2v) is 10.4. The number of thiazole rings is 1. The van der Waals surface area contributed by atoms with Crippen LogP contribution in [-0.2, 0) is 23.0 Å². The summed E-state index contributed by atoms with van der Waals surface area (Å²) < 4.78 is 28.3. The first-order chi connectivity index (χ1) is 13.4. The molecule has 1 N–H and O–H groups in total. The molecule has 3 aromatic rings. The van der Waals surface area contributed by atoms with E-state index in [1.165, 1.54) is 11.3 Å². The van der Waals surface area contributed by atoms with Gasteiger partial charge in [0.05, 0.1) is 16.6 Å². The minimum Gasteiger partial charge on any atom is -0.296 e. The highest BCUT2D eigenvalue weighted by atomic mass is 32.2. The fourth-order valence-electron chi connectivity index (χ4n) is 3.56. The van der Waals surface area contributed by atoms with Gasteiger partial charge in [0.2, 0.25) is 10.0 Å². The molecular formula is C18H19N5O3S2. The molecule has 0 spiro atoms. The van der Waals surface area contributed by atoms with Crippen molar-refractivity contribution in [2.75, 3.05) is 11.9 Å². The van der Waals surface area contributed by atoms with E-state index in [2.05, 4.69) is 15.3 Å². The summed E-state index contributed by atoms with van der Waals surface area (Å²) in [5, 5.41) is 3.15. The molecular weight excluding hydrogens is 398 g/mol. The average Bonchev–Trinajstić information content (AvgIpc) is 3.36. The molecule has 1 amide bonds. The number of pyridine rings is 1. The van der Waals surface area contributed by atoms with Gasteiger partial charge in [-0.3, -0.25) is 14.5 Å². The Labute approximate surface area is 166 Å². The zero-order valence-corrected chi connectivity index (χ0v) is 16.9. The van der Waals surface area contributed by atoms with Gasteiger partial charge in [0, 0.05) is 30.6 Å². The summed E-state index contributed by atoms with van der Waals surface area (Å²) in [4.78, 5) is 22.7. The number of aromatic nitrogens is 3. The number of amides is 1. The molecule has 3 aromatic heterocycles. The third-order valence-corrected chi connectivity index (χ3v) is 8.48. The van der Waals surface area contributed by atoms with Gasteiger partial charge in [-0.25, -0.2) is 18.4 Å². The van der Waals surface area contributed by atoms with Crippen molar-refractivity contribution in [3.05, 3.63) is 46.4 Å². The van der Waals surface area contributed by atoms with E-state index in [1.807, 2.05) is 18.2 Å². The fraction of sp³-hybridized carbons (Fsp3) is 0.389. The number of nitrogens with zero attached hydrogens (tertiary/aromatic N) is 4. The van der Waals surface area contributed by atoms with Crippen LogP contribution in [-0.4, -0.2) is 44.8 Å². The van der Waals surface area contributed by atoms with Gasteiger partial charge in [0.15, 0.2) is 5.13 Å². The Kier molecular flexibility index (Phi) is 4.04. The van der Waals surface area contributed by atoms with Crippen LogP contribution in [0.3, 0.4) is 0 Å². The van der Waals surface area contributed by atoms with Crippen LogP contribution in [0.2, 0.25) is 0 Å². The molecule has 1 saturated carbocycles. The van der Waals surface area contributed by atoms with Gasteiger partial charge in [0.25, 0.3) is 5.91 Å². The molecule has 5 rings (SSSR count). The van der Waals surface area contributed by atoms with Gasteiger partial charge in [0.1, 0.15) is 11.3 Å². The van der Waals surface area contributed by atoms with Crippen LogP contribution in [0, 0.1) is 6.92 Å². The van der Waals surface area contributed by atoms with Crippen molar-refractivity contribution in [3.8, 4) is 0 Å². The topological polar surface area (TPSA) is 96.7 Å². The number of sulfonamides is 1. The number of hydrogen-bond donors (Lipinski definition) is 1. The Morgan fingerprint density at radius 1 is 1.29 bits per heavy atom. The molecule has 0 aromatic carbocycles. The predicted molar refractivity (Wildman–Crippen MR) is 106 cm³/mol. The van der Waals surface area contributed by atoms with E-state index in [0.717, 1.165) is 23.4 Å². The number of fused-ring (bicyclic) bond motifs is 2. The number of carbonyl (C=O) groups excluding carboxylic acids is 1. The standard InChI is InChI=1S/C18H19N5O3S2/c1-11-16(23-8-3-2-4-15(23)19-11)17(24)21-18-20-13-7-9-22(10-14(13)27-18)28(25,26)12-5-6-12/h2-4,8,12H,5-7,9-10H2,1H3,(H,20,21,24). The highest BCUT2D eigenvalue weighted by molar-refractivity contribution is 7.90. The van der Waals surface area contributed by atoms with E-state index in [9.17, 15) is 13.2 Å². The first-order valence-corrected chi connectivity index (χ1v) is 11.5. The van der Waals surface area contributed by atoms with E-state index in [0.29, 0.717) is 41.7 Å². The molecule has 8 nitrogen and oxygen atoms in total. The number of carbonyl (C=O) groups is 1. The lowest BCUT2D eigenvalue weighted by molar-refractivity contribution is 0.102. The smallest absolute Gasteiger partial charge is 0.276 e. The lowest BCUT2D eigenvalue weighted by Gasteiger charge is -2.25. The highest BCUT2D eigenvalue weighted by Gasteiger charge is 2.41. The maximum atomic E-state index is 12.8. The van der Waals surface area contributed by atoms with Crippen LogP contribution in [0.5, 0.6) is 0 Å². The molecule has 0 bridgehead atoms. The monoisotopic (exact) mass is 417 g/mol. The van der Waals surface area contributed by atoms with Gasteiger partial charge in [-0.15, -0.1) is 11.3 Å². The summed E-state index contributed by atoms with van der Waals surface area (Å²) in [6, 6.07) is 5.57. The van der Waals surface area contributed by atoms with E-state index >= 15 is 0 Å². The Balaban J connectivity index is 1.38. The molecule has 0 radical (unpaired) electrons. The lowest BCUT2D eigenvalue weighted by atomic mass is 10.2. The summed E-state index contributed by atoms with van der Waals surface area (Å²) in [5.41, 5.74) is 2.70. The van der Waals surface area contributed by atoms with Crippen LogP contribution >= 0.6 is 11.3 Å². The van der Waals surface area contributed by atoms with Crippen LogP contribution in [0.1, 0.15) is 39.6 Å². The Morgan fingerprint density at radius 3 is 2.89 bits per heavy atom. The van der Waals surface area contributed by atoms with Gasteiger partial charge < -0.3 is 0 Å². The first kappa shape index (κ1) is 17.8. The largest absolute Gasteiger partial charge is 0.296 e. The molecule has 4 heterocycles. The summed E-state index contributed by atoms with van der Waals surface area (Å²) in [6.45, 7) is 2.60. The molecule has 1 fully saturated rings. The van der Waals surface area contributed by atoms with Crippen molar-refractivity contribution in [3.63, 3.8) is 0 Å². The normalized spacial score (nSPS) is 17.6. The third-order valence-electron chi connectivity index (χ3n) is 5.14. The zero-order chi connectivity index (χ0) is 19.5. The van der Waals surface area contributed by atoms with Crippen LogP contribution in [0.4, 0.5) is 5.13 Å². The summed E-state index contributed by atoms with van der Waals surface area (Å²) in [6.07, 6.45) is 3.89. The van der Waals surface area contributed by atoms with Crippen molar-refractivity contribution in [2.45, 2.75) is 38.0 Å². The number of imidazole rings is 1. The first-order valence-electron chi connectivity index (χ1n) is 9.16. The summed E-state index contributed by atoms with van der Waals surface area (Å²) in [7, 11) is -3.20. The second kappa shape index (κ2) is 6.36. The van der Waals surface area contributed by atoms with E-state index < -0.39 is 10.0 Å². The van der Waals surface area contributed by atoms with Crippen molar-refractivity contribution in [2.24, 2.45) is 0 Å². The third kappa shape index (κ3) is 2.92. The average molecular weight is 418 g/mol. The van der Waals surface area contributed by atoms with Crippen LogP contribution in [0.25, 0.3) is 5.65 Å². The van der Waals surface area contributed by atoms with Crippen LogP contribution in [0.15, 0.2) is 24.4 Å². The number of aryl methyl sites for hydroxylation is 1. The van der Waals surface area contributed by atoms with Crippen LogP contribution < -0.4 is 5.32 Å². The molecule has 1 aliphatic heterocycles. The van der Waals surface area contributed by atoms with Crippen molar-refractivity contribution < 1.29 is 13.2 Å². The number of rotatable bonds is 4. The number of hydrogen-bond acceptors (Lipinski definition) is 6. The van der Waals surface area contributed by atoms with Gasteiger partial charge >= 0.3 is 0 Å². The van der Waals surface area contributed by atoms with E-state index in [4.69, 9.17) is 0 Å². The quantitative estimate of drug-likeness (QED) is 0.702. The maximum absolute atomic E-state index is 12.8. The Hall–Kier alpha value is -2.30. The molecule has 10 heteroatoms. The summed E-state index contributed by atoms with van der Waals surface area (Å²) >= 11 is 1.35. The lowest BCUT2D eigenvalue weighted by Crippen LogP contribution is -2.37.